The third-order valence-corrected chi connectivity index (χ3v) is 3.00. The second-order valence-corrected chi connectivity index (χ2v) is 6.43. The molecule has 0 bridgehead atoms. The first-order valence-corrected chi connectivity index (χ1v) is 6.82. The van der Waals surface area contributed by atoms with Gasteiger partial charge in [0.25, 0.3) is 0 Å². The van der Waals surface area contributed by atoms with E-state index in [-0.39, 0.29) is 11.6 Å². The first-order chi connectivity index (χ1) is 7.76. The Labute approximate surface area is 106 Å². The van der Waals surface area contributed by atoms with Crippen molar-refractivity contribution in [2.45, 2.75) is 84.3 Å². The van der Waals surface area contributed by atoms with E-state index in [2.05, 4.69) is 46.9 Å². The third-order valence-electron chi connectivity index (χ3n) is 3.00. The van der Waals surface area contributed by atoms with E-state index in [1.165, 1.54) is 0 Å². The molecule has 17 heavy (non-hydrogen) atoms. The average molecular weight is 243 g/mol. The van der Waals surface area contributed by atoms with Gasteiger partial charge in [0.1, 0.15) is 0 Å². The van der Waals surface area contributed by atoms with Gasteiger partial charge >= 0.3 is 0 Å². The lowest BCUT2D eigenvalue weighted by Gasteiger charge is -2.34. The van der Waals surface area contributed by atoms with Crippen LogP contribution in [0.4, 0.5) is 0 Å². The zero-order chi connectivity index (χ0) is 13.1. The van der Waals surface area contributed by atoms with Crippen LogP contribution in [0.2, 0.25) is 0 Å². The summed E-state index contributed by atoms with van der Waals surface area (Å²) >= 11 is 0. The molecule has 1 N–H and O–H groups in total. The molecule has 0 spiro atoms. The van der Waals surface area contributed by atoms with Gasteiger partial charge in [-0.3, -0.25) is 0 Å². The van der Waals surface area contributed by atoms with Crippen LogP contribution >= 0.6 is 0 Å². The molecule has 0 amide bonds. The van der Waals surface area contributed by atoms with E-state index < -0.39 is 0 Å². The van der Waals surface area contributed by atoms with Crippen LogP contribution in [-0.2, 0) is 9.47 Å². The molecule has 0 aromatic carbocycles. The summed E-state index contributed by atoms with van der Waals surface area (Å²) < 4.78 is 11.8. The number of hydrogen-bond donors (Lipinski definition) is 1. The fraction of sp³-hybridized carbons (Fsp3) is 1.00. The molecule has 1 rings (SSSR count). The zero-order valence-corrected chi connectivity index (χ0v) is 12.2. The Kier molecular flexibility index (Phi) is 5.42. The topological polar surface area (TPSA) is 30.5 Å². The van der Waals surface area contributed by atoms with Crippen molar-refractivity contribution >= 4 is 0 Å². The quantitative estimate of drug-likeness (QED) is 0.823. The molecular weight excluding hydrogens is 214 g/mol. The Morgan fingerprint density at radius 1 is 1.24 bits per heavy atom. The van der Waals surface area contributed by atoms with Crippen molar-refractivity contribution in [1.29, 1.82) is 0 Å². The summed E-state index contributed by atoms with van der Waals surface area (Å²) in [6.07, 6.45) is 3.30. The Hall–Kier alpha value is -0.120. The molecule has 0 aromatic heterocycles. The molecule has 3 atom stereocenters. The number of hydrogen-bond acceptors (Lipinski definition) is 3. The first-order valence-electron chi connectivity index (χ1n) is 6.82. The molecular formula is C14H29NO2. The van der Waals surface area contributed by atoms with Gasteiger partial charge in [-0.05, 0) is 54.4 Å². The van der Waals surface area contributed by atoms with Crippen molar-refractivity contribution in [2.24, 2.45) is 0 Å². The molecule has 102 valence electrons. The summed E-state index contributed by atoms with van der Waals surface area (Å²) in [7, 11) is 0. The normalized spacial score (nSPS) is 32.5. The fourth-order valence-corrected chi connectivity index (χ4v) is 2.28. The summed E-state index contributed by atoms with van der Waals surface area (Å²) in [6.45, 7) is 13.8. The summed E-state index contributed by atoms with van der Waals surface area (Å²) in [5.74, 6) is 0. The van der Waals surface area contributed by atoms with Crippen LogP contribution < -0.4 is 5.32 Å². The molecule has 1 aliphatic rings. The Bertz CT molecular complexity index is 215. The molecule has 0 aromatic rings. The monoisotopic (exact) mass is 243 g/mol. The molecule has 1 heterocycles. The van der Waals surface area contributed by atoms with Crippen molar-refractivity contribution in [3.05, 3.63) is 0 Å². The lowest BCUT2D eigenvalue weighted by molar-refractivity contribution is -0.118. The van der Waals surface area contributed by atoms with Crippen molar-refractivity contribution < 1.29 is 9.47 Å². The molecule has 3 heteroatoms. The first kappa shape index (κ1) is 14.9. The molecule has 0 saturated carbocycles. The van der Waals surface area contributed by atoms with E-state index in [0.29, 0.717) is 18.3 Å². The Morgan fingerprint density at radius 3 is 2.24 bits per heavy atom. The van der Waals surface area contributed by atoms with Crippen LogP contribution in [0.1, 0.15) is 54.4 Å². The van der Waals surface area contributed by atoms with Gasteiger partial charge in [-0.25, -0.2) is 0 Å². The van der Waals surface area contributed by atoms with Gasteiger partial charge in [0.15, 0.2) is 0 Å². The fourth-order valence-electron chi connectivity index (χ4n) is 2.28. The van der Waals surface area contributed by atoms with Gasteiger partial charge < -0.3 is 14.8 Å². The minimum Gasteiger partial charge on any atom is -0.375 e. The Morgan fingerprint density at radius 2 is 1.76 bits per heavy atom. The van der Waals surface area contributed by atoms with Crippen LogP contribution in [-0.4, -0.2) is 36.5 Å². The molecule has 1 fully saturated rings. The largest absolute Gasteiger partial charge is 0.375 e. The van der Waals surface area contributed by atoms with E-state index in [4.69, 9.17) is 9.47 Å². The average Bonchev–Trinajstić information content (AvgIpc) is 2.11. The molecule has 3 unspecified atom stereocenters. The minimum absolute atomic E-state index is 0.161. The van der Waals surface area contributed by atoms with Crippen molar-refractivity contribution in [2.75, 3.05) is 6.54 Å². The molecule has 0 aliphatic carbocycles. The summed E-state index contributed by atoms with van der Waals surface area (Å²) in [6, 6.07) is 0. The SMILES string of the molecule is CC1CC(OC(C)CNC(C)(C)C)CC(C)O1. The highest BCUT2D eigenvalue weighted by molar-refractivity contribution is 4.76. The lowest BCUT2D eigenvalue weighted by atomic mass is 10.0. The number of ether oxygens (including phenoxy) is 2. The maximum atomic E-state index is 6.08. The van der Waals surface area contributed by atoms with Gasteiger partial charge in [-0.1, -0.05) is 0 Å². The van der Waals surface area contributed by atoms with Crippen molar-refractivity contribution in [3.8, 4) is 0 Å². The van der Waals surface area contributed by atoms with Gasteiger partial charge in [0.05, 0.1) is 24.4 Å². The number of nitrogens with one attached hydrogen (secondary N) is 1. The van der Waals surface area contributed by atoms with Crippen molar-refractivity contribution in [1.82, 2.24) is 5.32 Å². The van der Waals surface area contributed by atoms with Crippen LogP contribution in [0, 0.1) is 0 Å². The van der Waals surface area contributed by atoms with E-state index in [1.54, 1.807) is 0 Å². The van der Waals surface area contributed by atoms with Gasteiger partial charge in [0.2, 0.25) is 0 Å². The maximum absolute atomic E-state index is 6.08. The van der Waals surface area contributed by atoms with Crippen LogP contribution in [0.5, 0.6) is 0 Å². The predicted molar refractivity (Wildman–Crippen MR) is 71.3 cm³/mol. The second-order valence-electron chi connectivity index (χ2n) is 6.43. The van der Waals surface area contributed by atoms with Crippen LogP contribution in [0.3, 0.4) is 0 Å². The van der Waals surface area contributed by atoms with Crippen LogP contribution in [0.15, 0.2) is 0 Å². The van der Waals surface area contributed by atoms with Gasteiger partial charge in [-0.15, -0.1) is 0 Å². The standard InChI is InChI=1S/C14H29NO2/c1-10-7-13(8-11(2)16-10)17-12(3)9-15-14(4,5)6/h10-13,15H,7-9H2,1-6H3. The Balaban J connectivity index is 2.28. The van der Waals surface area contributed by atoms with E-state index in [0.717, 1.165) is 19.4 Å². The smallest absolute Gasteiger partial charge is 0.0675 e. The van der Waals surface area contributed by atoms with Gasteiger partial charge in [0, 0.05) is 12.1 Å². The molecule has 1 aliphatic heterocycles. The van der Waals surface area contributed by atoms with E-state index >= 15 is 0 Å². The zero-order valence-electron chi connectivity index (χ0n) is 12.2. The summed E-state index contributed by atoms with van der Waals surface area (Å²) in [4.78, 5) is 0. The van der Waals surface area contributed by atoms with Crippen LogP contribution in [0.25, 0.3) is 0 Å². The molecule has 3 nitrogen and oxygen atoms in total. The highest BCUT2D eigenvalue weighted by Gasteiger charge is 2.26. The molecule has 0 radical (unpaired) electrons. The summed E-state index contributed by atoms with van der Waals surface area (Å²) in [5.41, 5.74) is 0.161. The maximum Gasteiger partial charge on any atom is 0.0675 e. The third kappa shape index (κ3) is 6.39. The minimum atomic E-state index is 0.161. The molecule has 1 saturated heterocycles. The summed E-state index contributed by atoms with van der Waals surface area (Å²) in [5, 5.41) is 3.48. The van der Waals surface area contributed by atoms with Gasteiger partial charge in [-0.2, -0.15) is 0 Å². The number of rotatable bonds is 4. The second kappa shape index (κ2) is 6.17. The highest BCUT2D eigenvalue weighted by Crippen LogP contribution is 2.22. The van der Waals surface area contributed by atoms with Crippen molar-refractivity contribution in [3.63, 3.8) is 0 Å². The highest BCUT2D eigenvalue weighted by atomic mass is 16.5. The predicted octanol–water partition coefficient (Wildman–Crippen LogP) is 2.74. The van der Waals surface area contributed by atoms with E-state index in [1.807, 2.05) is 0 Å². The van der Waals surface area contributed by atoms with E-state index in [9.17, 15) is 0 Å². The lowest BCUT2D eigenvalue weighted by Crippen LogP contribution is -2.43.